The summed E-state index contributed by atoms with van der Waals surface area (Å²) in [5.41, 5.74) is 0.891. The Morgan fingerprint density at radius 1 is 1.18 bits per heavy atom. The fourth-order valence-electron chi connectivity index (χ4n) is 2.21. The van der Waals surface area contributed by atoms with Crippen LogP contribution in [0.4, 0.5) is 0 Å². The number of hydrogen-bond acceptors (Lipinski definition) is 4. The van der Waals surface area contributed by atoms with Crippen molar-refractivity contribution in [3.05, 3.63) is 40.4 Å². The van der Waals surface area contributed by atoms with E-state index < -0.39 is 0 Å². The first-order chi connectivity index (χ1) is 10.7. The summed E-state index contributed by atoms with van der Waals surface area (Å²) in [6.45, 7) is 3.03. The summed E-state index contributed by atoms with van der Waals surface area (Å²) < 4.78 is 4.18. The molecule has 0 N–H and O–H groups in total. The molecule has 0 aliphatic carbocycles. The van der Waals surface area contributed by atoms with E-state index in [1.807, 2.05) is 28.8 Å². The molecule has 0 saturated heterocycles. The van der Waals surface area contributed by atoms with Crippen molar-refractivity contribution in [3.63, 3.8) is 0 Å². The predicted octanol–water partition coefficient (Wildman–Crippen LogP) is 4.17. The van der Waals surface area contributed by atoms with E-state index in [1.54, 1.807) is 10.8 Å². The van der Waals surface area contributed by atoms with E-state index in [1.165, 1.54) is 12.8 Å². The molecule has 0 aliphatic rings. The molecule has 0 bridgehead atoms. The molecule has 0 fully saturated rings. The van der Waals surface area contributed by atoms with Crippen LogP contribution < -0.4 is 0 Å². The van der Waals surface area contributed by atoms with Gasteiger partial charge in [0.15, 0.2) is 5.82 Å². The van der Waals surface area contributed by atoms with Gasteiger partial charge in [0, 0.05) is 17.1 Å². The smallest absolute Gasteiger partial charge is 0.256 e. The molecule has 0 saturated carbocycles. The predicted molar refractivity (Wildman–Crippen MR) is 89.6 cm³/mol. The summed E-state index contributed by atoms with van der Waals surface area (Å²) >= 11 is 11.4. The highest BCUT2D eigenvalue weighted by Gasteiger charge is 2.09. The molecule has 0 spiro atoms. The molecule has 1 aromatic carbocycles. The van der Waals surface area contributed by atoms with Crippen molar-refractivity contribution < 1.29 is 0 Å². The van der Waals surface area contributed by atoms with Gasteiger partial charge in [-0.2, -0.15) is 9.50 Å². The Balaban J connectivity index is 1.97. The van der Waals surface area contributed by atoms with Crippen molar-refractivity contribution in [2.75, 3.05) is 0 Å². The van der Waals surface area contributed by atoms with Gasteiger partial charge >= 0.3 is 0 Å². The minimum Gasteiger partial charge on any atom is -0.308 e. The fourth-order valence-corrected chi connectivity index (χ4v) is 2.60. The zero-order valence-electron chi connectivity index (χ0n) is 12.2. The van der Waals surface area contributed by atoms with Gasteiger partial charge in [0.1, 0.15) is 6.33 Å². The zero-order valence-corrected chi connectivity index (χ0v) is 13.8. The lowest BCUT2D eigenvalue weighted by molar-refractivity contribution is 0.568. The summed E-state index contributed by atoms with van der Waals surface area (Å²) in [4.78, 5) is 8.77. The Labute approximate surface area is 138 Å². The number of rotatable bonds is 5. The lowest BCUT2D eigenvalue weighted by atomic mass is 10.2. The van der Waals surface area contributed by atoms with Crippen molar-refractivity contribution in [2.45, 2.75) is 32.7 Å². The minimum atomic E-state index is 0.515. The summed E-state index contributed by atoms with van der Waals surface area (Å²) in [6, 6.07) is 7.40. The zero-order chi connectivity index (χ0) is 15.5. The first-order valence-electron chi connectivity index (χ1n) is 7.27. The molecule has 5 nitrogen and oxygen atoms in total. The van der Waals surface area contributed by atoms with E-state index in [2.05, 4.69) is 22.0 Å². The maximum Gasteiger partial charge on any atom is 0.256 e. The molecule has 0 aliphatic heterocycles. The van der Waals surface area contributed by atoms with Crippen LogP contribution in [-0.2, 0) is 6.54 Å². The summed E-state index contributed by atoms with van der Waals surface area (Å²) in [7, 11) is 0. The van der Waals surface area contributed by atoms with Crippen molar-refractivity contribution in [3.8, 4) is 11.4 Å². The van der Waals surface area contributed by atoms with E-state index in [0.717, 1.165) is 18.5 Å². The fraction of sp³-hybridized carbons (Fsp3) is 0.333. The van der Waals surface area contributed by atoms with Gasteiger partial charge in [0.05, 0.1) is 0 Å². The molecule has 7 heteroatoms. The molecule has 0 amide bonds. The van der Waals surface area contributed by atoms with Crippen LogP contribution in [0.25, 0.3) is 17.2 Å². The third-order valence-electron chi connectivity index (χ3n) is 3.43. The molecule has 22 heavy (non-hydrogen) atoms. The molecule has 114 valence electrons. The Kier molecular flexibility index (Phi) is 4.49. The van der Waals surface area contributed by atoms with Crippen LogP contribution in [0.1, 0.15) is 26.2 Å². The largest absolute Gasteiger partial charge is 0.308 e. The Bertz CT molecular complexity index is 837. The monoisotopic (exact) mass is 333 g/mol. The van der Waals surface area contributed by atoms with Crippen molar-refractivity contribution in [1.82, 2.24) is 24.1 Å². The van der Waals surface area contributed by atoms with Crippen LogP contribution in [0, 0.1) is 4.77 Å². The van der Waals surface area contributed by atoms with Crippen LogP contribution in [0.5, 0.6) is 0 Å². The highest BCUT2D eigenvalue weighted by Crippen LogP contribution is 2.18. The Morgan fingerprint density at radius 2 is 1.95 bits per heavy atom. The van der Waals surface area contributed by atoms with E-state index in [9.17, 15) is 0 Å². The van der Waals surface area contributed by atoms with Crippen molar-refractivity contribution in [2.24, 2.45) is 0 Å². The molecule has 0 atom stereocenters. The van der Waals surface area contributed by atoms with E-state index in [-0.39, 0.29) is 0 Å². The summed E-state index contributed by atoms with van der Waals surface area (Å²) in [6.07, 6.45) is 5.17. The number of unbranched alkanes of at least 4 members (excludes halogenated alkanes) is 2. The van der Waals surface area contributed by atoms with Crippen LogP contribution in [0.3, 0.4) is 0 Å². The van der Waals surface area contributed by atoms with Crippen LogP contribution >= 0.6 is 23.8 Å². The molecule has 2 heterocycles. The highest BCUT2D eigenvalue weighted by atomic mass is 35.5. The summed E-state index contributed by atoms with van der Waals surface area (Å²) in [5.74, 6) is 1.11. The van der Waals surface area contributed by atoms with Crippen LogP contribution in [0.15, 0.2) is 30.6 Å². The van der Waals surface area contributed by atoms with Crippen LogP contribution in [0.2, 0.25) is 5.02 Å². The molecule has 3 aromatic rings. The second-order valence-corrected chi connectivity index (χ2v) is 5.88. The van der Waals surface area contributed by atoms with Gasteiger partial charge in [-0.05, 0) is 42.9 Å². The number of aryl methyl sites for hydroxylation is 1. The minimum absolute atomic E-state index is 0.515. The van der Waals surface area contributed by atoms with Gasteiger partial charge in [-0.3, -0.25) is 0 Å². The molecule has 2 aromatic heterocycles. The SMILES string of the molecule is CCCCCn1cnc2nc(-c3ccc(Cl)cc3)nn2c1=S. The van der Waals surface area contributed by atoms with E-state index >= 15 is 0 Å². The number of benzene rings is 1. The van der Waals surface area contributed by atoms with E-state index in [0.29, 0.717) is 21.4 Å². The quantitative estimate of drug-likeness (QED) is 0.519. The highest BCUT2D eigenvalue weighted by molar-refractivity contribution is 7.71. The van der Waals surface area contributed by atoms with Crippen LogP contribution in [-0.4, -0.2) is 24.1 Å². The topological polar surface area (TPSA) is 48.0 Å². The average Bonchev–Trinajstić information content (AvgIpc) is 2.95. The third kappa shape index (κ3) is 3.03. The summed E-state index contributed by atoms with van der Waals surface area (Å²) in [5, 5.41) is 5.16. The van der Waals surface area contributed by atoms with Gasteiger partial charge in [0.2, 0.25) is 4.77 Å². The molecular weight excluding hydrogens is 318 g/mol. The molecular formula is C15H16ClN5S. The van der Waals surface area contributed by atoms with Crippen molar-refractivity contribution >= 4 is 29.6 Å². The maximum absolute atomic E-state index is 5.91. The van der Waals surface area contributed by atoms with Gasteiger partial charge in [0.25, 0.3) is 5.78 Å². The van der Waals surface area contributed by atoms with Gasteiger partial charge in [-0.1, -0.05) is 31.4 Å². The molecule has 0 radical (unpaired) electrons. The number of halogens is 1. The Morgan fingerprint density at radius 3 is 2.68 bits per heavy atom. The average molecular weight is 334 g/mol. The normalized spacial score (nSPS) is 11.2. The number of nitrogens with zero attached hydrogens (tertiary/aromatic N) is 5. The lowest BCUT2D eigenvalue weighted by Gasteiger charge is -2.05. The first kappa shape index (κ1) is 15.1. The maximum atomic E-state index is 5.91. The molecule has 3 rings (SSSR count). The van der Waals surface area contributed by atoms with Crippen molar-refractivity contribution in [1.29, 1.82) is 0 Å². The van der Waals surface area contributed by atoms with Gasteiger partial charge < -0.3 is 4.57 Å². The number of hydrogen-bond donors (Lipinski definition) is 0. The van der Waals surface area contributed by atoms with Gasteiger partial charge in [-0.15, -0.1) is 5.10 Å². The second-order valence-electron chi connectivity index (χ2n) is 5.08. The Hall–Kier alpha value is -1.79. The lowest BCUT2D eigenvalue weighted by Crippen LogP contribution is -2.07. The number of aromatic nitrogens is 5. The standard InChI is InChI=1S/C15H16ClN5S/c1-2-3-4-9-20-10-17-14-18-13(19-21(14)15(20)22)11-5-7-12(16)8-6-11/h5-8,10H,2-4,9H2,1H3. The second kappa shape index (κ2) is 6.54. The van der Waals surface area contributed by atoms with Gasteiger partial charge in [-0.25, -0.2) is 4.98 Å². The first-order valence-corrected chi connectivity index (χ1v) is 8.06. The van der Waals surface area contributed by atoms with E-state index in [4.69, 9.17) is 23.8 Å². The molecule has 0 unspecified atom stereocenters. The number of fused-ring (bicyclic) bond motifs is 1. The third-order valence-corrected chi connectivity index (χ3v) is 4.09.